The molecule has 0 saturated heterocycles. The van der Waals surface area contributed by atoms with Gasteiger partial charge in [-0.3, -0.25) is 14.8 Å². The largest absolute Gasteiger partial charge is 0.433 e. The van der Waals surface area contributed by atoms with E-state index in [1.165, 1.54) is 10.9 Å². The smallest absolute Gasteiger partial charge is 0.350 e. The van der Waals surface area contributed by atoms with Gasteiger partial charge in [0.1, 0.15) is 11.9 Å². The second kappa shape index (κ2) is 4.42. The van der Waals surface area contributed by atoms with Gasteiger partial charge in [0.05, 0.1) is 4.92 Å². The number of benzene rings is 1. The van der Waals surface area contributed by atoms with Crippen molar-refractivity contribution in [2.75, 3.05) is 0 Å². The van der Waals surface area contributed by atoms with Crippen molar-refractivity contribution in [3.05, 3.63) is 45.6 Å². The van der Waals surface area contributed by atoms with Gasteiger partial charge in [-0.15, -0.1) is 5.10 Å². The maximum Gasteiger partial charge on any atom is 0.350 e. The molecule has 0 N–H and O–H groups in total. The Bertz CT molecular complexity index is 568. The summed E-state index contributed by atoms with van der Waals surface area (Å²) in [7, 11) is 1.58. The lowest BCUT2D eigenvalue weighted by molar-refractivity contribution is -0.385. The Morgan fingerprint density at radius 3 is 2.94 bits per heavy atom. The summed E-state index contributed by atoms with van der Waals surface area (Å²) in [5.41, 5.74) is -0.188. The molecular formula is C10H8ClN3O3. The van der Waals surface area contributed by atoms with Crippen LogP contribution in [0, 0.1) is 10.1 Å². The normalized spacial score (nSPS) is 10.2. The fourth-order valence-corrected chi connectivity index (χ4v) is 1.48. The van der Waals surface area contributed by atoms with Gasteiger partial charge < -0.3 is 4.74 Å². The van der Waals surface area contributed by atoms with Crippen molar-refractivity contribution in [2.45, 2.75) is 0 Å². The minimum atomic E-state index is -0.549. The molecule has 0 aliphatic carbocycles. The highest BCUT2D eigenvalue weighted by molar-refractivity contribution is 6.30. The van der Waals surface area contributed by atoms with Crippen LogP contribution in [0.4, 0.5) is 5.69 Å². The lowest BCUT2D eigenvalue weighted by atomic mass is 10.3. The molecule has 7 heteroatoms. The fraction of sp³-hybridized carbons (Fsp3) is 0.100. The molecule has 0 aliphatic rings. The summed E-state index contributed by atoms with van der Waals surface area (Å²) in [5.74, 6) is 0.346. The highest BCUT2D eigenvalue weighted by Crippen LogP contribution is 2.30. The van der Waals surface area contributed by atoms with E-state index < -0.39 is 4.92 Å². The summed E-state index contributed by atoms with van der Waals surface area (Å²) in [4.78, 5) is 10.2. The van der Waals surface area contributed by atoms with Gasteiger partial charge in [0.25, 0.3) is 0 Å². The fourth-order valence-electron chi connectivity index (χ4n) is 1.30. The van der Waals surface area contributed by atoms with Crippen LogP contribution >= 0.6 is 11.6 Å². The third-order valence-electron chi connectivity index (χ3n) is 1.98. The minimum Gasteiger partial charge on any atom is -0.433 e. The average Bonchev–Trinajstić information content (AvgIpc) is 2.59. The van der Waals surface area contributed by atoms with E-state index in [1.54, 1.807) is 31.3 Å². The predicted molar refractivity (Wildman–Crippen MR) is 61.4 cm³/mol. The number of nitrogens with zero attached hydrogens (tertiary/aromatic N) is 3. The highest BCUT2D eigenvalue weighted by Gasteiger charge is 2.20. The second-order valence-corrected chi connectivity index (χ2v) is 3.75. The highest BCUT2D eigenvalue weighted by atomic mass is 35.5. The zero-order valence-corrected chi connectivity index (χ0v) is 9.59. The molecule has 1 aromatic carbocycles. The third-order valence-corrected chi connectivity index (χ3v) is 2.22. The van der Waals surface area contributed by atoms with Gasteiger partial charge in [-0.2, -0.15) is 0 Å². The molecule has 0 bridgehead atoms. The van der Waals surface area contributed by atoms with Gasteiger partial charge in [-0.25, -0.2) is 0 Å². The van der Waals surface area contributed by atoms with Crippen LogP contribution < -0.4 is 4.74 Å². The molecule has 88 valence electrons. The van der Waals surface area contributed by atoms with Crippen molar-refractivity contribution in [1.29, 1.82) is 0 Å². The minimum absolute atomic E-state index is 0.0558. The lowest BCUT2D eigenvalue weighted by Gasteiger charge is -2.01. The Morgan fingerprint density at radius 1 is 1.53 bits per heavy atom. The molecule has 0 amide bonds. The Hall–Kier alpha value is -2.08. The van der Waals surface area contributed by atoms with E-state index in [1.807, 2.05) is 0 Å². The van der Waals surface area contributed by atoms with Crippen LogP contribution in [0.5, 0.6) is 11.6 Å². The first-order chi connectivity index (χ1) is 8.06. The van der Waals surface area contributed by atoms with E-state index in [2.05, 4.69) is 5.10 Å². The molecule has 0 spiro atoms. The maximum atomic E-state index is 10.7. The van der Waals surface area contributed by atoms with E-state index in [0.717, 1.165) is 0 Å². The van der Waals surface area contributed by atoms with Crippen LogP contribution in [0.15, 0.2) is 30.5 Å². The topological polar surface area (TPSA) is 70.2 Å². The molecule has 2 aromatic rings. The number of hydrogen-bond donors (Lipinski definition) is 0. The summed E-state index contributed by atoms with van der Waals surface area (Å²) in [6.45, 7) is 0. The second-order valence-electron chi connectivity index (χ2n) is 3.31. The van der Waals surface area contributed by atoms with Crippen LogP contribution in [-0.4, -0.2) is 14.7 Å². The average molecular weight is 254 g/mol. The summed E-state index contributed by atoms with van der Waals surface area (Å²) >= 11 is 5.78. The Kier molecular flexibility index (Phi) is 2.97. The Labute approximate surface area is 102 Å². The SMILES string of the molecule is Cn1cc([N+](=O)[O-])c(Oc2cccc(Cl)c2)n1. The molecule has 0 unspecified atom stereocenters. The molecule has 1 aromatic heterocycles. The number of aryl methyl sites for hydroxylation is 1. The van der Waals surface area contributed by atoms with Crippen LogP contribution in [-0.2, 0) is 7.05 Å². The summed E-state index contributed by atoms with van der Waals surface area (Å²) in [5, 5.41) is 15.1. The van der Waals surface area contributed by atoms with E-state index >= 15 is 0 Å². The molecule has 0 atom stereocenters. The van der Waals surface area contributed by atoms with E-state index in [-0.39, 0.29) is 11.6 Å². The molecule has 2 rings (SSSR count). The third kappa shape index (κ3) is 2.54. The monoisotopic (exact) mass is 253 g/mol. The number of aromatic nitrogens is 2. The molecule has 1 heterocycles. The van der Waals surface area contributed by atoms with Gasteiger partial charge in [-0.1, -0.05) is 17.7 Å². The van der Waals surface area contributed by atoms with Gasteiger partial charge in [0, 0.05) is 12.1 Å². The van der Waals surface area contributed by atoms with Crippen molar-refractivity contribution >= 4 is 17.3 Å². The van der Waals surface area contributed by atoms with Crippen LogP contribution in [0.3, 0.4) is 0 Å². The summed E-state index contributed by atoms with van der Waals surface area (Å²) in [6, 6.07) is 6.57. The Morgan fingerprint density at radius 2 is 2.29 bits per heavy atom. The van der Waals surface area contributed by atoms with Crippen LogP contribution in [0.2, 0.25) is 5.02 Å². The zero-order valence-electron chi connectivity index (χ0n) is 8.83. The first-order valence-electron chi connectivity index (χ1n) is 4.68. The van der Waals surface area contributed by atoms with E-state index in [4.69, 9.17) is 16.3 Å². The lowest BCUT2D eigenvalue weighted by Crippen LogP contribution is -1.91. The number of hydrogen-bond acceptors (Lipinski definition) is 4. The first-order valence-corrected chi connectivity index (χ1v) is 5.05. The van der Waals surface area contributed by atoms with Crippen molar-refractivity contribution in [1.82, 2.24) is 9.78 Å². The zero-order chi connectivity index (χ0) is 12.4. The van der Waals surface area contributed by atoms with Gasteiger partial charge in [0.15, 0.2) is 0 Å². The molecule has 6 nitrogen and oxygen atoms in total. The van der Waals surface area contributed by atoms with Crippen molar-refractivity contribution in [3.8, 4) is 11.6 Å². The van der Waals surface area contributed by atoms with Gasteiger partial charge in [-0.05, 0) is 18.2 Å². The van der Waals surface area contributed by atoms with Crippen LogP contribution in [0.25, 0.3) is 0 Å². The maximum absolute atomic E-state index is 10.7. The summed E-state index contributed by atoms with van der Waals surface area (Å²) < 4.78 is 6.63. The number of nitro groups is 1. The van der Waals surface area contributed by atoms with Crippen molar-refractivity contribution < 1.29 is 9.66 Å². The van der Waals surface area contributed by atoms with Gasteiger partial charge >= 0.3 is 11.6 Å². The number of halogens is 1. The molecular weight excluding hydrogens is 246 g/mol. The molecule has 0 saturated carbocycles. The molecule has 0 radical (unpaired) electrons. The van der Waals surface area contributed by atoms with Crippen LogP contribution in [0.1, 0.15) is 0 Å². The molecule has 17 heavy (non-hydrogen) atoms. The van der Waals surface area contributed by atoms with Crippen molar-refractivity contribution in [3.63, 3.8) is 0 Å². The number of rotatable bonds is 3. The first kappa shape index (κ1) is 11.4. The number of ether oxygens (including phenoxy) is 1. The molecule has 0 aliphatic heterocycles. The van der Waals surface area contributed by atoms with Gasteiger partial charge in [0.2, 0.25) is 0 Å². The molecule has 0 fully saturated rings. The predicted octanol–water partition coefficient (Wildman–Crippen LogP) is 2.77. The standard InChI is InChI=1S/C10H8ClN3O3/c1-13-6-9(14(15)16)10(12-13)17-8-4-2-3-7(11)5-8/h2-6H,1H3. The quantitative estimate of drug-likeness (QED) is 0.623. The van der Waals surface area contributed by atoms with E-state index in [9.17, 15) is 10.1 Å². The Balaban J connectivity index is 2.32. The van der Waals surface area contributed by atoms with Crippen molar-refractivity contribution in [2.24, 2.45) is 7.05 Å². The summed E-state index contributed by atoms with van der Waals surface area (Å²) in [6.07, 6.45) is 1.28. The van der Waals surface area contributed by atoms with E-state index in [0.29, 0.717) is 10.8 Å².